The van der Waals surface area contributed by atoms with Gasteiger partial charge in [0, 0.05) is 13.0 Å². The lowest BCUT2D eigenvalue weighted by molar-refractivity contribution is -0.0694. The second-order valence-corrected chi connectivity index (χ2v) is 6.67. The lowest BCUT2D eigenvalue weighted by atomic mass is 10.0. The Morgan fingerprint density at radius 1 is 1.16 bits per heavy atom. The molecule has 2 aliphatic rings. The summed E-state index contributed by atoms with van der Waals surface area (Å²) in [5.74, 6) is 0.568. The maximum Gasteiger partial charge on any atom is 0.104 e. The van der Waals surface area contributed by atoms with Gasteiger partial charge in [0.15, 0.2) is 0 Å². The van der Waals surface area contributed by atoms with Crippen molar-refractivity contribution in [2.24, 2.45) is 5.92 Å². The van der Waals surface area contributed by atoms with Crippen LogP contribution >= 0.6 is 0 Å². The summed E-state index contributed by atoms with van der Waals surface area (Å²) in [4.78, 5) is 0. The summed E-state index contributed by atoms with van der Waals surface area (Å²) in [5, 5.41) is 0. The van der Waals surface area contributed by atoms with E-state index < -0.39 is 0 Å². The molecule has 2 heterocycles. The SMILES string of the molecule is CC(COC(C)CC(C)(C)OCC1CO1)CC1CO1. The average Bonchev–Trinajstić information content (AvgIpc) is 3.17. The molecule has 2 fully saturated rings. The van der Waals surface area contributed by atoms with Gasteiger partial charge in [-0.2, -0.15) is 0 Å². The third-order valence-electron chi connectivity index (χ3n) is 3.57. The van der Waals surface area contributed by atoms with Gasteiger partial charge in [-0.05, 0) is 33.1 Å². The smallest absolute Gasteiger partial charge is 0.104 e. The van der Waals surface area contributed by atoms with Gasteiger partial charge < -0.3 is 18.9 Å². The van der Waals surface area contributed by atoms with Crippen LogP contribution in [-0.4, -0.2) is 50.3 Å². The topological polar surface area (TPSA) is 43.5 Å². The highest BCUT2D eigenvalue weighted by molar-refractivity contribution is 4.77. The number of rotatable bonds is 10. The summed E-state index contributed by atoms with van der Waals surface area (Å²) >= 11 is 0. The Bertz CT molecular complexity index is 271. The van der Waals surface area contributed by atoms with E-state index in [4.69, 9.17) is 18.9 Å². The van der Waals surface area contributed by atoms with E-state index in [9.17, 15) is 0 Å². The van der Waals surface area contributed by atoms with Crippen molar-refractivity contribution < 1.29 is 18.9 Å². The first-order valence-electron chi connectivity index (χ1n) is 7.43. The molecule has 2 saturated heterocycles. The van der Waals surface area contributed by atoms with E-state index in [0.29, 0.717) is 24.7 Å². The van der Waals surface area contributed by atoms with Crippen LogP contribution in [0.4, 0.5) is 0 Å². The van der Waals surface area contributed by atoms with Gasteiger partial charge in [0.05, 0.1) is 37.6 Å². The summed E-state index contributed by atoms with van der Waals surface area (Å²) in [6.07, 6.45) is 3.07. The van der Waals surface area contributed by atoms with E-state index in [1.807, 2.05) is 0 Å². The van der Waals surface area contributed by atoms with E-state index >= 15 is 0 Å². The first kappa shape index (κ1) is 15.2. The van der Waals surface area contributed by atoms with Crippen LogP contribution in [0.2, 0.25) is 0 Å². The maximum absolute atomic E-state index is 5.92. The van der Waals surface area contributed by atoms with E-state index in [1.165, 1.54) is 0 Å². The molecule has 4 heteroatoms. The quantitative estimate of drug-likeness (QED) is 0.573. The van der Waals surface area contributed by atoms with E-state index in [1.54, 1.807) is 0 Å². The van der Waals surface area contributed by atoms with Gasteiger partial charge in [-0.15, -0.1) is 0 Å². The maximum atomic E-state index is 5.92. The van der Waals surface area contributed by atoms with Gasteiger partial charge >= 0.3 is 0 Å². The summed E-state index contributed by atoms with van der Waals surface area (Å²) in [5.41, 5.74) is -0.145. The molecule has 0 saturated carbocycles. The molecule has 4 atom stereocenters. The Balaban J connectivity index is 1.56. The zero-order valence-electron chi connectivity index (χ0n) is 12.7. The highest BCUT2D eigenvalue weighted by atomic mass is 16.6. The van der Waals surface area contributed by atoms with Gasteiger partial charge in [-0.1, -0.05) is 6.92 Å². The normalized spacial score (nSPS) is 29.1. The summed E-state index contributed by atoms with van der Waals surface area (Å²) in [6, 6.07) is 0. The second-order valence-electron chi connectivity index (χ2n) is 6.67. The third-order valence-corrected chi connectivity index (χ3v) is 3.57. The monoisotopic (exact) mass is 272 g/mol. The molecule has 0 N–H and O–H groups in total. The van der Waals surface area contributed by atoms with Gasteiger partial charge in [-0.3, -0.25) is 0 Å². The predicted octanol–water partition coefficient (Wildman–Crippen LogP) is 2.40. The van der Waals surface area contributed by atoms with Crippen LogP contribution in [0.3, 0.4) is 0 Å². The highest BCUT2D eigenvalue weighted by Crippen LogP contribution is 2.23. The number of hydrogen-bond donors (Lipinski definition) is 0. The minimum Gasteiger partial charge on any atom is -0.378 e. The van der Waals surface area contributed by atoms with Crippen molar-refractivity contribution in [2.45, 2.75) is 64.4 Å². The summed E-state index contributed by atoms with van der Waals surface area (Å²) in [6.45, 7) is 11.9. The van der Waals surface area contributed by atoms with Crippen LogP contribution in [0.15, 0.2) is 0 Å². The summed E-state index contributed by atoms with van der Waals surface area (Å²) in [7, 11) is 0. The van der Waals surface area contributed by atoms with E-state index in [-0.39, 0.29) is 11.7 Å². The predicted molar refractivity (Wildman–Crippen MR) is 73.3 cm³/mol. The number of hydrogen-bond acceptors (Lipinski definition) is 4. The molecule has 2 aliphatic heterocycles. The van der Waals surface area contributed by atoms with Crippen molar-refractivity contribution in [1.29, 1.82) is 0 Å². The van der Waals surface area contributed by atoms with Crippen LogP contribution < -0.4 is 0 Å². The minimum absolute atomic E-state index is 0.145. The second kappa shape index (κ2) is 6.53. The van der Waals surface area contributed by atoms with E-state index in [2.05, 4.69) is 27.7 Å². The molecule has 0 aliphatic carbocycles. The first-order chi connectivity index (χ1) is 8.94. The molecular formula is C15H28O4. The lowest BCUT2D eigenvalue weighted by Crippen LogP contribution is -2.32. The first-order valence-corrected chi connectivity index (χ1v) is 7.43. The van der Waals surface area contributed by atoms with Gasteiger partial charge in [0.2, 0.25) is 0 Å². The Morgan fingerprint density at radius 3 is 2.37 bits per heavy atom. The minimum atomic E-state index is -0.145. The van der Waals surface area contributed by atoms with Crippen molar-refractivity contribution in [3.8, 4) is 0 Å². The Labute approximate surface area is 116 Å². The molecule has 0 aromatic carbocycles. The molecule has 0 amide bonds. The molecule has 0 spiro atoms. The summed E-state index contributed by atoms with van der Waals surface area (Å²) < 4.78 is 22.2. The molecule has 0 aromatic rings. The molecule has 19 heavy (non-hydrogen) atoms. The molecule has 2 rings (SSSR count). The van der Waals surface area contributed by atoms with Gasteiger partial charge in [0.25, 0.3) is 0 Å². The fraction of sp³-hybridized carbons (Fsp3) is 1.00. The zero-order chi connectivity index (χ0) is 13.9. The molecule has 0 aromatic heterocycles. The molecule has 0 bridgehead atoms. The Hall–Kier alpha value is -0.160. The zero-order valence-corrected chi connectivity index (χ0v) is 12.7. The van der Waals surface area contributed by atoms with Crippen molar-refractivity contribution in [2.75, 3.05) is 26.4 Å². The van der Waals surface area contributed by atoms with Gasteiger partial charge in [0.1, 0.15) is 6.10 Å². The number of ether oxygens (including phenoxy) is 4. The molecule has 4 unspecified atom stereocenters. The van der Waals surface area contributed by atoms with Crippen LogP contribution in [0.1, 0.15) is 40.5 Å². The van der Waals surface area contributed by atoms with E-state index in [0.717, 1.165) is 32.7 Å². The Morgan fingerprint density at radius 2 is 1.79 bits per heavy atom. The van der Waals surface area contributed by atoms with Crippen LogP contribution in [0.5, 0.6) is 0 Å². The van der Waals surface area contributed by atoms with Gasteiger partial charge in [-0.25, -0.2) is 0 Å². The lowest BCUT2D eigenvalue weighted by Gasteiger charge is -2.29. The fourth-order valence-electron chi connectivity index (χ4n) is 2.34. The molecule has 112 valence electrons. The van der Waals surface area contributed by atoms with Crippen molar-refractivity contribution in [1.82, 2.24) is 0 Å². The van der Waals surface area contributed by atoms with Crippen LogP contribution in [0.25, 0.3) is 0 Å². The van der Waals surface area contributed by atoms with Crippen molar-refractivity contribution in [3.63, 3.8) is 0 Å². The van der Waals surface area contributed by atoms with Crippen LogP contribution in [0, 0.1) is 5.92 Å². The molecule has 0 radical (unpaired) electrons. The fourth-order valence-corrected chi connectivity index (χ4v) is 2.34. The largest absolute Gasteiger partial charge is 0.378 e. The van der Waals surface area contributed by atoms with Crippen molar-refractivity contribution in [3.05, 3.63) is 0 Å². The molecular weight excluding hydrogens is 244 g/mol. The van der Waals surface area contributed by atoms with Crippen molar-refractivity contribution >= 4 is 0 Å². The Kier molecular flexibility index (Phi) is 5.23. The third kappa shape index (κ3) is 6.70. The molecule has 4 nitrogen and oxygen atoms in total. The number of epoxide rings is 2. The van der Waals surface area contributed by atoms with Crippen LogP contribution in [-0.2, 0) is 18.9 Å². The standard InChI is InChI=1S/C15H28O4/c1-11(5-13-8-17-13)7-16-12(2)6-15(3,4)19-10-14-9-18-14/h11-14H,5-10H2,1-4H3. The highest BCUT2D eigenvalue weighted by Gasteiger charge is 2.29. The average molecular weight is 272 g/mol.